The number of carbonyl (C=O) groups is 2. The third kappa shape index (κ3) is 5.09. The summed E-state index contributed by atoms with van der Waals surface area (Å²) in [6.45, 7) is 5.76. The quantitative estimate of drug-likeness (QED) is 0.809. The number of nitrogens with one attached hydrogen (secondary N) is 1. The summed E-state index contributed by atoms with van der Waals surface area (Å²) in [7, 11) is -1.90. The van der Waals surface area contributed by atoms with Gasteiger partial charge in [-0.25, -0.2) is 13.2 Å². The highest BCUT2D eigenvalue weighted by molar-refractivity contribution is 7.92. The molecule has 1 saturated carbocycles. The Hall–Kier alpha value is -1.31. The predicted molar refractivity (Wildman–Crippen MR) is 87.9 cm³/mol. The van der Waals surface area contributed by atoms with E-state index in [4.69, 9.17) is 4.74 Å². The number of hydrogen-bond donors (Lipinski definition) is 1. The number of carbonyl (C=O) groups excluding carboxylic acids is 2. The van der Waals surface area contributed by atoms with Crippen LogP contribution in [0.5, 0.6) is 0 Å². The standard InChI is InChI=1S/C15H28N2O5S/c1-14(2,3)22-13(19)17(4)11-10-16-12(18)15(23(5,20)21)8-6-7-9-15/h6-11H2,1-5H3,(H,16,18). The number of sulfone groups is 1. The van der Waals surface area contributed by atoms with Crippen LogP contribution in [0.25, 0.3) is 0 Å². The van der Waals surface area contributed by atoms with Crippen LogP contribution in [0.15, 0.2) is 0 Å². The van der Waals surface area contributed by atoms with Crippen LogP contribution in [-0.2, 0) is 19.4 Å². The van der Waals surface area contributed by atoms with Crippen molar-refractivity contribution in [3.8, 4) is 0 Å². The lowest BCUT2D eigenvalue weighted by atomic mass is 10.1. The summed E-state index contributed by atoms with van der Waals surface area (Å²) in [4.78, 5) is 25.5. The number of hydrogen-bond acceptors (Lipinski definition) is 5. The highest BCUT2D eigenvalue weighted by Gasteiger charge is 2.49. The van der Waals surface area contributed by atoms with Gasteiger partial charge in [0.1, 0.15) is 10.3 Å². The van der Waals surface area contributed by atoms with Crippen LogP contribution in [0.1, 0.15) is 46.5 Å². The lowest BCUT2D eigenvalue weighted by Crippen LogP contribution is -2.51. The number of ether oxygens (including phenoxy) is 1. The molecule has 23 heavy (non-hydrogen) atoms. The number of nitrogens with zero attached hydrogens (tertiary/aromatic N) is 1. The van der Waals surface area contributed by atoms with Gasteiger partial charge in [0.05, 0.1) is 0 Å². The van der Waals surface area contributed by atoms with E-state index in [0.717, 1.165) is 19.1 Å². The highest BCUT2D eigenvalue weighted by atomic mass is 32.2. The van der Waals surface area contributed by atoms with Crippen LogP contribution in [0.4, 0.5) is 4.79 Å². The van der Waals surface area contributed by atoms with Gasteiger partial charge in [0.2, 0.25) is 5.91 Å². The maximum atomic E-state index is 12.4. The molecule has 7 nitrogen and oxygen atoms in total. The summed E-state index contributed by atoms with van der Waals surface area (Å²) < 4.78 is 27.9. The van der Waals surface area contributed by atoms with Crippen LogP contribution in [0.2, 0.25) is 0 Å². The molecule has 0 heterocycles. The van der Waals surface area contributed by atoms with Crippen molar-refractivity contribution in [1.82, 2.24) is 10.2 Å². The Kier molecular flexibility index (Phi) is 6.06. The van der Waals surface area contributed by atoms with Gasteiger partial charge in [-0.3, -0.25) is 4.79 Å². The van der Waals surface area contributed by atoms with E-state index in [0.29, 0.717) is 12.8 Å². The van der Waals surface area contributed by atoms with Crippen molar-refractivity contribution in [2.75, 3.05) is 26.4 Å². The SMILES string of the molecule is CN(CCNC(=O)C1(S(C)(=O)=O)CCCC1)C(=O)OC(C)(C)C. The maximum absolute atomic E-state index is 12.4. The average molecular weight is 348 g/mol. The molecule has 0 aromatic heterocycles. The number of likely N-dealkylation sites (N-methyl/N-ethyl adjacent to an activating group) is 1. The first-order chi connectivity index (χ1) is 10.4. The summed E-state index contributed by atoms with van der Waals surface area (Å²) in [6.07, 6.45) is 2.82. The average Bonchev–Trinajstić information content (AvgIpc) is 2.86. The normalized spacial score (nSPS) is 17.6. The topological polar surface area (TPSA) is 92.8 Å². The fraction of sp³-hybridized carbons (Fsp3) is 0.867. The Balaban J connectivity index is 2.55. The van der Waals surface area contributed by atoms with Crippen molar-refractivity contribution in [2.24, 2.45) is 0 Å². The van der Waals surface area contributed by atoms with E-state index in [1.54, 1.807) is 27.8 Å². The molecule has 134 valence electrons. The zero-order valence-electron chi connectivity index (χ0n) is 14.6. The van der Waals surface area contributed by atoms with Crippen molar-refractivity contribution >= 4 is 21.8 Å². The molecule has 2 amide bonds. The van der Waals surface area contributed by atoms with Gasteiger partial charge in [-0.15, -0.1) is 0 Å². The maximum Gasteiger partial charge on any atom is 0.410 e. The monoisotopic (exact) mass is 348 g/mol. The van der Waals surface area contributed by atoms with Gasteiger partial charge in [0, 0.05) is 26.4 Å². The lowest BCUT2D eigenvalue weighted by molar-refractivity contribution is -0.123. The summed E-state index contributed by atoms with van der Waals surface area (Å²) in [6, 6.07) is 0. The molecule has 0 aliphatic heterocycles. The summed E-state index contributed by atoms with van der Waals surface area (Å²) in [5.41, 5.74) is -0.585. The predicted octanol–water partition coefficient (Wildman–Crippen LogP) is 1.33. The Labute approximate surface area is 138 Å². The molecule has 1 rings (SSSR count). The van der Waals surface area contributed by atoms with Crippen LogP contribution >= 0.6 is 0 Å². The van der Waals surface area contributed by atoms with E-state index in [2.05, 4.69) is 5.32 Å². The molecule has 0 aromatic rings. The molecule has 0 atom stereocenters. The second-order valence-electron chi connectivity index (χ2n) is 7.13. The van der Waals surface area contributed by atoms with Crippen LogP contribution in [0, 0.1) is 0 Å². The molecule has 0 spiro atoms. The van der Waals surface area contributed by atoms with Gasteiger partial charge in [0.25, 0.3) is 0 Å². The zero-order valence-corrected chi connectivity index (χ0v) is 15.5. The fourth-order valence-corrected chi connectivity index (χ4v) is 4.08. The van der Waals surface area contributed by atoms with E-state index in [1.165, 1.54) is 4.90 Å². The van der Waals surface area contributed by atoms with Gasteiger partial charge in [-0.05, 0) is 33.6 Å². The fourth-order valence-electron chi connectivity index (χ4n) is 2.64. The zero-order chi connectivity index (χ0) is 17.9. The summed E-state index contributed by atoms with van der Waals surface area (Å²) in [5, 5.41) is 2.65. The first kappa shape index (κ1) is 19.7. The minimum atomic E-state index is -3.47. The van der Waals surface area contributed by atoms with Crippen molar-refractivity contribution in [1.29, 1.82) is 0 Å². The molecule has 1 N–H and O–H groups in total. The minimum absolute atomic E-state index is 0.186. The van der Waals surface area contributed by atoms with Crippen LogP contribution < -0.4 is 5.32 Å². The lowest BCUT2D eigenvalue weighted by Gasteiger charge is -2.27. The van der Waals surface area contributed by atoms with Gasteiger partial charge < -0.3 is 15.0 Å². The van der Waals surface area contributed by atoms with Crippen molar-refractivity contribution in [2.45, 2.75) is 56.8 Å². The highest BCUT2D eigenvalue weighted by Crippen LogP contribution is 2.36. The molecular weight excluding hydrogens is 320 g/mol. The number of amides is 2. The molecule has 0 aromatic carbocycles. The third-order valence-electron chi connectivity index (χ3n) is 3.97. The summed E-state index contributed by atoms with van der Waals surface area (Å²) in [5.74, 6) is -0.463. The van der Waals surface area contributed by atoms with E-state index in [1.807, 2.05) is 0 Å². The second-order valence-corrected chi connectivity index (χ2v) is 9.46. The van der Waals surface area contributed by atoms with E-state index in [9.17, 15) is 18.0 Å². The first-order valence-electron chi connectivity index (χ1n) is 7.81. The first-order valence-corrected chi connectivity index (χ1v) is 9.70. The Morgan fingerprint density at radius 2 is 1.74 bits per heavy atom. The van der Waals surface area contributed by atoms with E-state index >= 15 is 0 Å². The molecule has 0 bridgehead atoms. The van der Waals surface area contributed by atoms with Crippen LogP contribution in [0.3, 0.4) is 0 Å². The van der Waals surface area contributed by atoms with Gasteiger partial charge in [-0.1, -0.05) is 12.8 Å². The molecule has 8 heteroatoms. The molecule has 1 aliphatic rings. The van der Waals surface area contributed by atoms with Crippen molar-refractivity contribution in [3.05, 3.63) is 0 Å². The molecule has 0 radical (unpaired) electrons. The van der Waals surface area contributed by atoms with Crippen molar-refractivity contribution < 1.29 is 22.7 Å². The van der Waals surface area contributed by atoms with E-state index < -0.39 is 32.2 Å². The Morgan fingerprint density at radius 1 is 1.22 bits per heavy atom. The van der Waals surface area contributed by atoms with Gasteiger partial charge in [-0.2, -0.15) is 0 Å². The van der Waals surface area contributed by atoms with E-state index in [-0.39, 0.29) is 13.1 Å². The van der Waals surface area contributed by atoms with Gasteiger partial charge in [0.15, 0.2) is 9.84 Å². The second kappa shape index (κ2) is 7.07. The molecule has 0 unspecified atom stereocenters. The molecule has 1 aliphatic carbocycles. The minimum Gasteiger partial charge on any atom is -0.444 e. The van der Waals surface area contributed by atoms with Crippen LogP contribution in [-0.4, -0.2) is 62.1 Å². The Bertz CT molecular complexity index is 545. The van der Waals surface area contributed by atoms with Gasteiger partial charge >= 0.3 is 6.09 Å². The molecular formula is C15H28N2O5S. The number of rotatable bonds is 5. The largest absolute Gasteiger partial charge is 0.444 e. The third-order valence-corrected chi connectivity index (χ3v) is 5.99. The molecule has 1 fully saturated rings. The Morgan fingerprint density at radius 3 is 2.17 bits per heavy atom. The summed E-state index contributed by atoms with van der Waals surface area (Å²) >= 11 is 0. The smallest absolute Gasteiger partial charge is 0.410 e. The molecule has 0 saturated heterocycles. The van der Waals surface area contributed by atoms with Crippen molar-refractivity contribution in [3.63, 3.8) is 0 Å².